The van der Waals surface area contributed by atoms with Gasteiger partial charge in [-0.15, -0.1) is 0 Å². The molecule has 1 aromatic rings. The van der Waals surface area contributed by atoms with Gasteiger partial charge in [0.25, 0.3) is 0 Å². The minimum Gasteiger partial charge on any atom is -0.374 e. The number of nitrogens with one attached hydrogen (secondary N) is 1. The molecule has 1 fully saturated rings. The Morgan fingerprint density at radius 2 is 2.15 bits per heavy atom. The van der Waals surface area contributed by atoms with Crippen molar-refractivity contribution in [2.45, 2.75) is 39.0 Å². The van der Waals surface area contributed by atoms with Gasteiger partial charge >= 0.3 is 0 Å². The lowest BCUT2D eigenvalue weighted by atomic mass is 9.99. The molecule has 4 heteroatoms. The van der Waals surface area contributed by atoms with E-state index in [1.165, 1.54) is 6.07 Å². The Bertz CT molecular complexity index is 425. The number of morpholine rings is 1. The number of ether oxygens (including phenoxy) is 1. The summed E-state index contributed by atoms with van der Waals surface area (Å²) in [6.07, 6.45) is -0.0111. The molecule has 0 radical (unpaired) electrons. The number of hydrogen-bond donors (Lipinski definition) is 1. The zero-order chi connectivity index (χ0) is 14.5. The molecular formula is C16H25FN2O. The average Bonchev–Trinajstić information content (AvgIpc) is 2.46. The highest BCUT2D eigenvalue weighted by molar-refractivity contribution is 5.22. The van der Waals surface area contributed by atoms with Crippen LogP contribution < -0.4 is 5.32 Å². The molecule has 2 atom stereocenters. The zero-order valence-corrected chi connectivity index (χ0v) is 12.6. The van der Waals surface area contributed by atoms with Crippen LogP contribution in [0.3, 0.4) is 0 Å². The van der Waals surface area contributed by atoms with Crippen LogP contribution in [0.2, 0.25) is 0 Å². The molecule has 0 aliphatic carbocycles. The van der Waals surface area contributed by atoms with Gasteiger partial charge < -0.3 is 10.1 Å². The molecule has 1 aliphatic rings. The number of benzene rings is 1. The third-order valence-electron chi connectivity index (χ3n) is 3.89. The molecule has 0 spiro atoms. The predicted molar refractivity (Wildman–Crippen MR) is 79.3 cm³/mol. The van der Waals surface area contributed by atoms with Crippen LogP contribution in [-0.4, -0.2) is 43.3 Å². The summed E-state index contributed by atoms with van der Waals surface area (Å²) < 4.78 is 20.0. The van der Waals surface area contributed by atoms with Crippen molar-refractivity contribution in [3.05, 3.63) is 35.6 Å². The van der Waals surface area contributed by atoms with Gasteiger partial charge in [-0.1, -0.05) is 25.1 Å². The molecule has 1 aromatic carbocycles. The van der Waals surface area contributed by atoms with Crippen molar-refractivity contribution in [2.24, 2.45) is 0 Å². The molecule has 20 heavy (non-hydrogen) atoms. The molecule has 0 saturated carbocycles. The maximum Gasteiger partial charge on any atom is 0.128 e. The van der Waals surface area contributed by atoms with E-state index in [4.69, 9.17) is 4.74 Å². The Hall–Kier alpha value is -0.970. The van der Waals surface area contributed by atoms with Gasteiger partial charge in [0.2, 0.25) is 0 Å². The van der Waals surface area contributed by atoms with E-state index in [9.17, 15) is 4.39 Å². The van der Waals surface area contributed by atoms with Crippen molar-refractivity contribution < 1.29 is 9.13 Å². The summed E-state index contributed by atoms with van der Waals surface area (Å²) in [5.41, 5.74) is 0.699. The van der Waals surface area contributed by atoms with Crippen LogP contribution >= 0.6 is 0 Å². The molecule has 112 valence electrons. The third-order valence-corrected chi connectivity index (χ3v) is 3.89. The summed E-state index contributed by atoms with van der Waals surface area (Å²) in [6.45, 7) is 9.70. The Morgan fingerprint density at radius 1 is 1.40 bits per heavy atom. The maximum absolute atomic E-state index is 14.1. The molecule has 0 amide bonds. The van der Waals surface area contributed by atoms with Crippen molar-refractivity contribution in [3.63, 3.8) is 0 Å². The van der Waals surface area contributed by atoms with Crippen LogP contribution in [0.5, 0.6) is 0 Å². The van der Waals surface area contributed by atoms with Gasteiger partial charge in [0, 0.05) is 24.7 Å². The molecule has 1 aliphatic heterocycles. The Labute approximate surface area is 121 Å². The van der Waals surface area contributed by atoms with E-state index in [1.807, 2.05) is 19.1 Å². The first-order chi connectivity index (χ1) is 9.63. The highest BCUT2D eigenvalue weighted by atomic mass is 19.1. The molecule has 2 unspecified atom stereocenters. The van der Waals surface area contributed by atoms with Crippen molar-refractivity contribution in [2.75, 3.05) is 26.2 Å². The first kappa shape index (κ1) is 15.4. The van der Waals surface area contributed by atoms with Crippen LogP contribution in [0.4, 0.5) is 4.39 Å². The van der Waals surface area contributed by atoms with E-state index in [0.717, 1.165) is 19.6 Å². The molecule has 0 aromatic heterocycles. The van der Waals surface area contributed by atoms with Crippen molar-refractivity contribution in [1.82, 2.24) is 10.2 Å². The van der Waals surface area contributed by atoms with Gasteiger partial charge in [-0.05, 0) is 26.5 Å². The lowest BCUT2D eigenvalue weighted by molar-refractivity contribution is -0.0563. The summed E-state index contributed by atoms with van der Waals surface area (Å²) in [5.74, 6) is -0.163. The van der Waals surface area contributed by atoms with Crippen LogP contribution in [0, 0.1) is 5.82 Å². The van der Waals surface area contributed by atoms with E-state index in [1.54, 1.807) is 6.07 Å². The molecule has 0 bridgehead atoms. The lowest BCUT2D eigenvalue weighted by Gasteiger charge is -2.39. The fraction of sp³-hybridized carbons (Fsp3) is 0.625. The van der Waals surface area contributed by atoms with Crippen LogP contribution in [0.1, 0.15) is 32.4 Å². The standard InChI is InChI=1S/C16H25FN2O/c1-4-18-16(13-7-5-6-8-14(13)17)15-11-19(12(2)3)9-10-20-15/h5-8,12,15-16,18H,4,9-11H2,1-3H3. The second-order valence-corrected chi connectivity index (χ2v) is 5.55. The number of nitrogens with zero attached hydrogens (tertiary/aromatic N) is 1. The summed E-state index contributed by atoms with van der Waals surface area (Å²) >= 11 is 0. The topological polar surface area (TPSA) is 24.5 Å². The molecular weight excluding hydrogens is 255 g/mol. The van der Waals surface area contributed by atoms with Gasteiger partial charge in [-0.25, -0.2) is 4.39 Å². The molecule has 2 rings (SSSR count). The predicted octanol–water partition coefficient (Wildman–Crippen LogP) is 2.59. The summed E-state index contributed by atoms with van der Waals surface area (Å²) in [7, 11) is 0. The minimum absolute atomic E-state index is 0.0111. The van der Waals surface area contributed by atoms with Crippen LogP contribution in [0.15, 0.2) is 24.3 Å². The maximum atomic E-state index is 14.1. The number of rotatable bonds is 5. The monoisotopic (exact) mass is 280 g/mol. The summed E-state index contributed by atoms with van der Waals surface area (Å²) in [4.78, 5) is 2.39. The van der Waals surface area contributed by atoms with E-state index < -0.39 is 0 Å². The van der Waals surface area contributed by atoms with Gasteiger partial charge in [0.15, 0.2) is 0 Å². The minimum atomic E-state index is -0.163. The van der Waals surface area contributed by atoms with E-state index in [-0.39, 0.29) is 18.0 Å². The Kier molecular flexibility index (Phi) is 5.52. The second kappa shape index (κ2) is 7.16. The molecule has 1 heterocycles. The van der Waals surface area contributed by atoms with Gasteiger partial charge in [-0.3, -0.25) is 4.90 Å². The van der Waals surface area contributed by atoms with Gasteiger partial charge in [0.1, 0.15) is 5.82 Å². The largest absolute Gasteiger partial charge is 0.374 e. The average molecular weight is 280 g/mol. The van der Waals surface area contributed by atoms with Crippen molar-refractivity contribution in [1.29, 1.82) is 0 Å². The quantitative estimate of drug-likeness (QED) is 0.897. The van der Waals surface area contributed by atoms with Crippen molar-refractivity contribution >= 4 is 0 Å². The fourth-order valence-electron chi connectivity index (χ4n) is 2.76. The SMILES string of the molecule is CCNC(c1ccccc1F)C1CN(C(C)C)CCO1. The van der Waals surface area contributed by atoms with Crippen LogP contribution in [0.25, 0.3) is 0 Å². The lowest BCUT2D eigenvalue weighted by Crippen LogP contribution is -2.50. The van der Waals surface area contributed by atoms with E-state index in [0.29, 0.717) is 18.2 Å². The zero-order valence-electron chi connectivity index (χ0n) is 12.6. The van der Waals surface area contributed by atoms with Gasteiger partial charge in [-0.2, -0.15) is 0 Å². The molecule has 3 nitrogen and oxygen atoms in total. The third kappa shape index (κ3) is 3.57. The highest BCUT2D eigenvalue weighted by Gasteiger charge is 2.31. The molecule has 1 N–H and O–H groups in total. The fourth-order valence-corrected chi connectivity index (χ4v) is 2.76. The Balaban J connectivity index is 2.18. The van der Waals surface area contributed by atoms with E-state index >= 15 is 0 Å². The smallest absolute Gasteiger partial charge is 0.128 e. The first-order valence-electron chi connectivity index (χ1n) is 7.47. The second-order valence-electron chi connectivity index (χ2n) is 5.55. The van der Waals surface area contributed by atoms with Gasteiger partial charge in [0.05, 0.1) is 18.8 Å². The van der Waals surface area contributed by atoms with Crippen LogP contribution in [-0.2, 0) is 4.74 Å². The number of halogens is 1. The van der Waals surface area contributed by atoms with Crippen molar-refractivity contribution in [3.8, 4) is 0 Å². The Morgan fingerprint density at radius 3 is 2.80 bits per heavy atom. The molecule has 1 saturated heterocycles. The number of likely N-dealkylation sites (N-methyl/N-ethyl adjacent to an activating group) is 1. The summed E-state index contributed by atoms with van der Waals surface area (Å²) in [6, 6.07) is 7.37. The number of hydrogen-bond acceptors (Lipinski definition) is 3. The summed E-state index contributed by atoms with van der Waals surface area (Å²) in [5, 5.41) is 3.38. The first-order valence-corrected chi connectivity index (χ1v) is 7.47. The highest BCUT2D eigenvalue weighted by Crippen LogP contribution is 2.25. The van der Waals surface area contributed by atoms with E-state index in [2.05, 4.69) is 24.1 Å². The normalized spacial score (nSPS) is 22.1.